The number of Topliss-reactive ketones (excluding diaryl/α,β-unsaturated/α-hetero) is 1. The van der Waals surface area contributed by atoms with E-state index in [1.54, 1.807) is 6.07 Å². The van der Waals surface area contributed by atoms with Gasteiger partial charge in [0, 0.05) is 5.56 Å². The zero-order valence-electron chi connectivity index (χ0n) is 14.6. The third kappa shape index (κ3) is 3.41. The second-order valence-corrected chi connectivity index (χ2v) is 7.93. The number of rotatable bonds is 5. The molecule has 0 aromatic heterocycles. The Labute approximate surface area is 169 Å². The summed E-state index contributed by atoms with van der Waals surface area (Å²) < 4.78 is 60.0. The second kappa shape index (κ2) is 6.94. The van der Waals surface area contributed by atoms with Crippen LogP contribution in [0, 0.1) is 11.6 Å². The average Bonchev–Trinajstić information content (AvgIpc) is 2.88. The minimum absolute atomic E-state index is 0.0549. The van der Waals surface area contributed by atoms with E-state index >= 15 is 0 Å². The zero-order valence-corrected chi connectivity index (χ0v) is 15.5. The maximum atomic E-state index is 14.1. The maximum Gasteiger partial charge on any atom is 0.302 e. The first kappa shape index (κ1) is 21.0. The highest BCUT2D eigenvalue weighted by molar-refractivity contribution is 7.90. The lowest BCUT2D eigenvalue weighted by Crippen LogP contribution is -2.40. The standard InChI is InChI=1S/C17H10B3F2NO5S/c18-16(11-8-10(21)6-7-12(11)22)14(24)13(15(23)27-16)28-29(25,26)17(19,20)9-4-2-1-3-5-9/h1-8H,23H2/t16-/m1/s1. The number of nitrogens with two attached hydrogens (primary N) is 1. The lowest BCUT2D eigenvalue weighted by atomic mass is 9.65. The van der Waals surface area contributed by atoms with Gasteiger partial charge in [0.2, 0.25) is 17.4 Å². The Bertz CT molecular complexity index is 1130. The third-order valence-corrected chi connectivity index (χ3v) is 5.65. The van der Waals surface area contributed by atoms with E-state index in [1.165, 1.54) is 24.3 Å². The Morgan fingerprint density at radius 1 is 1.10 bits per heavy atom. The van der Waals surface area contributed by atoms with Crippen molar-refractivity contribution in [3.63, 3.8) is 0 Å². The van der Waals surface area contributed by atoms with Crippen molar-refractivity contribution in [1.82, 2.24) is 0 Å². The molecule has 1 aliphatic rings. The van der Waals surface area contributed by atoms with Crippen LogP contribution in [0.3, 0.4) is 0 Å². The van der Waals surface area contributed by atoms with Crippen LogP contribution in [0.4, 0.5) is 8.78 Å². The summed E-state index contributed by atoms with van der Waals surface area (Å²) in [6.45, 7) is 0. The fraction of sp³-hybridized carbons (Fsp3) is 0.118. The molecule has 2 N–H and O–H groups in total. The van der Waals surface area contributed by atoms with E-state index in [1.807, 2.05) is 0 Å². The Morgan fingerprint density at radius 3 is 2.34 bits per heavy atom. The molecule has 1 aliphatic heterocycles. The highest BCUT2D eigenvalue weighted by Gasteiger charge is 2.51. The number of halogens is 2. The van der Waals surface area contributed by atoms with Crippen molar-refractivity contribution in [2.75, 3.05) is 0 Å². The molecule has 0 amide bonds. The van der Waals surface area contributed by atoms with Crippen LogP contribution in [0.1, 0.15) is 11.1 Å². The van der Waals surface area contributed by atoms with Gasteiger partial charge in [0.25, 0.3) is 0 Å². The molecule has 142 valence electrons. The van der Waals surface area contributed by atoms with Gasteiger partial charge >= 0.3 is 10.1 Å². The Morgan fingerprint density at radius 2 is 1.72 bits per heavy atom. The smallest absolute Gasteiger partial charge is 0.302 e. The van der Waals surface area contributed by atoms with Crippen molar-refractivity contribution in [3.05, 3.63) is 82.9 Å². The molecular formula is C17H10B3F2NO5S. The lowest BCUT2D eigenvalue weighted by molar-refractivity contribution is -0.126. The van der Waals surface area contributed by atoms with Crippen LogP contribution in [-0.2, 0) is 33.9 Å². The van der Waals surface area contributed by atoms with Crippen molar-refractivity contribution in [2.45, 2.75) is 10.0 Å². The first-order valence-corrected chi connectivity index (χ1v) is 9.36. The summed E-state index contributed by atoms with van der Waals surface area (Å²) in [5.41, 5.74) is 2.11. The van der Waals surface area contributed by atoms with Gasteiger partial charge in [-0.1, -0.05) is 30.3 Å². The highest BCUT2D eigenvalue weighted by atomic mass is 32.2. The molecule has 0 bridgehead atoms. The summed E-state index contributed by atoms with van der Waals surface area (Å²) in [6.07, 6.45) is 0. The van der Waals surface area contributed by atoms with Crippen LogP contribution in [0.25, 0.3) is 0 Å². The van der Waals surface area contributed by atoms with Crippen molar-refractivity contribution in [1.29, 1.82) is 0 Å². The summed E-state index contributed by atoms with van der Waals surface area (Å²) in [7, 11) is 12.3. The molecule has 3 rings (SSSR count). The Balaban J connectivity index is 1.97. The van der Waals surface area contributed by atoms with Crippen molar-refractivity contribution < 1.29 is 30.9 Å². The van der Waals surface area contributed by atoms with Crippen LogP contribution < -0.4 is 5.73 Å². The lowest BCUT2D eigenvalue weighted by Gasteiger charge is -2.26. The molecule has 0 saturated carbocycles. The largest absolute Gasteiger partial charge is 0.467 e. The number of carbonyl (C=O) groups is 1. The van der Waals surface area contributed by atoms with E-state index in [2.05, 4.69) is 0 Å². The maximum absolute atomic E-state index is 14.1. The molecule has 0 unspecified atom stereocenters. The van der Waals surface area contributed by atoms with Crippen LogP contribution in [0.2, 0.25) is 0 Å². The molecule has 2 aromatic rings. The van der Waals surface area contributed by atoms with Gasteiger partial charge in [0.05, 0.1) is 20.2 Å². The van der Waals surface area contributed by atoms with Crippen LogP contribution in [0.5, 0.6) is 0 Å². The quantitative estimate of drug-likeness (QED) is 0.570. The van der Waals surface area contributed by atoms with E-state index < -0.39 is 54.8 Å². The first-order chi connectivity index (χ1) is 13.4. The van der Waals surface area contributed by atoms with Gasteiger partial charge in [0.1, 0.15) is 11.6 Å². The molecule has 0 aliphatic carbocycles. The number of carbonyl (C=O) groups excluding carboxylic acids is 1. The molecular weight excluding hydrogens is 401 g/mol. The van der Waals surface area contributed by atoms with E-state index in [9.17, 15) is 22.0 Å². The highest BCUT2D eigenvalue weighted by Crippen LogP contribution is 2.39. The third-order valence-electron chi connectivity index (χ3n) is 4.20. The number of ketones is 1. The normalized spacial score (nSPS) is 19.9. The second-order valence-electron chi connectivity index (χ2n) is 6.18. The molecule has 0 spiro atoms. The Hall–Kier alpha value is -2.75. The molecule has 0 saturated heterocycles. The van der Waals surface area contributed by atoms with Crippen molar-refractivity contribution in [2.24, 2.45) is 5.73 Å². The summed E-state index contributed by atoms with van der Waals surface area (Å²) in [6, 6.07) is 9.31. The van der Waals surface area contributed by atoms with E-state index in [0.717, 1.165) is 6.07 Å². The molecule has 1 heterocycles. The summed E-state index contributed by atoms with van der Waals surface area (Å²) >= 11 is 0. The number of benzene rings is 2. The minimum atomic E-state index is -4.92. The summed E-state index contributed by atoms with van der Waals surface area (Å²) in [5.74, 6) is -5.31. The topological polar surface area (TPSA) is 95.7 Å². The van der Waals surface area contributed by atoms with Crippen molar-refractivity contribution in [3.8, 4) is 0 Å². The molecule has 12 heteroatoms. The molecule has 6 radical (unpaired) electrons. The fourth-order valence-electron chi connectivity index (χ4n) is 2.61. The molecule has 29 heavy (non-hydrogen) atoms. The van der Waals surface area contributed by atoms with Gasteiger partial charge in [-0.15, -0.1) is 0 Å². The van der Waals surface area contributed by atoms with Gasteiger partial charge in [-0.2, -0.15) is 8.42 Å². The number of ether oxygens (including phenoxy) is 1. The average molecular weight is 411 g/mol. The van der Waals surface area contributed by atoms with Crippen LogP contribution in [0.15, 0.2) is 60.2 Å². The SMILES string of the molecule is [B]C([B])(c1ccccc1)S(=O)(=O)OC1=C(N)O[C@]([B])(c2cc(F)ccc2F)C1=O. The van der Waals surface area contributed by atoms with Gasteiger partial charge < -0.3 is 14.7 Å². The molecule has 2 aromatic carbocycles. The van der Waals surface area contributed by atoms with Gasteiger partial charge in [-0.05, 0) is 23.8 Å². The monoisotopic (exact) mass is 411 g/mol. The molecule has 6 nitrogen and oxygen atoms in total. The molecule has 1 atom stereocenters. The predicted octanol–water partition coefficient (Wildman–Crippen LogP) is 0.507. The Kier molecular flexibility index (Phi) is 5.02. The zero-order chi connectivity index (χ0) is 21.6. The fourth-order valence-corrected chi connectivity index (χ4v) is 3.55. The summed E-state index contributed by atoms with van der Waals surface area (Å²) in [5, 5.41) is 0. The first-order valence-electron chi connectivity index (χ1n) is 7.95. The minimum Gasteiger partial charge on any atom is -0.467 e. The van der Waals surface area contributed by atoms with E-state index in [4.69, 9.17) is 38.2 Å². The van der Waals surface area contributed by atoms with E-state index in [0.29, 0.717) is 12.1 Å². The van der Waals surface area contributed by atoms with Gasteiger partial charge in [-0.3, -0.25) is 4.79 Å². The number of hydrogen-bond donors (Lipinski definition) is 1. The van der Waals surface area contributed by atoms with Crippen LogP contribution in [-0.4, -0.2) is 37.7 Å². The van der Waals surface area contributed by atoms with Gasteiger partial charge in [-0.25, -0.2) is 8.78 Å². The molecule has 0 fully saturated rings. The van der Waals surface area contributed by atoms with Crippen molar-refractivity contribution >= 4 is 39.4 Å². The predicted molar refractivity (Wildman–Crippen MR) is 101 cm³/mol. The summed E-state index contributed by atoms with van der Waals surface area (Å²) in [4.78, 5) is 12.7. The van der Waals surface area contributed by atoms with Gasteiger partial charge in [0.15, 0.2) is 13.3 Å². The van der Waals surface area contributed by atoms with E-state index in [-0.39, 0.29) is 5.56 Å². The number of hydrogen-bond acceptors (Lipinski definition) is 6. The van der Waals surface area contributed by atoms with Crippen LogP contribution >= 0.6 is 0 Å².